The molecule has 0 aromatic carbocycles. The van der Waals surface area contributed by atoms with Crippen molar-refractivity contribution < 1.29 is 9.21 Å². The highest BCUT2D eigenvalue weighted by Gasteiger charge is 2.01. The van der Waals surface area contributed by atoms with Crippen molar-refractivity contribution >= 4 is 35.0 Å². The van der Waals surface area contributed by atoms with Gasteiger partial charge < -0.3 is 9.73 Å². The van der Waals surface area contributed by atoms with E-state index in [9.17, 15) is 4.79 Å². The van der Waals surface area contributed by atoms with Crippen LogP contribution in [0.5, 0.6) is 0 Å². The summed E-state index contributed by atoms with van der Waals surface area (Å²) >= 11 is 5.00. The molecule has 0 radical (unpaired) electrons. The molecule has 1 amide bonds. The Bertz CT molecular complexity index is 579. The van der Waals surface area contributed by atoms with E-state index in [1.165, 1.54) is 12.3 Å². The molecule has 2 rings (SSSR count). The number of hydrogen-bond acceptors (Lipinski definition) is 4. The third-order valence-corrected chi connectivity index (χ3v) is 2.30. The van der Waals surface area contributed by atoms with Crippen molar-refractivity contribution in [1.82, 2.24) is 10.3 Å². The van der Waals surface area contributed by atoms with Crippen molar-refractivity contribution in [3.8, 4) is 0 Å². The molecule has 0 aliphatic heterocycles. The molecule has 19 heavy (non-hydrogen) atoms. The van der Waals surface area contributed by atoms with Gasteiger partial charge in [-0.2, -0.15) is 0 Å². The average molecular weight is 273 g/mol. The number of aromatic nitrogens is 1. The molecule has 0 saturated heterocycles. The van der Waals surface area contributed by atoms with Crippen LogP contribution >= 0.6 is 12.2 Å². The molecule has 6 heteroatoms. The van der Waals surface area contributed by atoms with Crippen LogP contribution in [0.1, 0.15) is 5.76 Å². The quantitative estimate of drug-likeness (QED) is 0.663. The van der Waals surface area contributed by atoms with Crippen LogP contribution in [0.4, 0.5) is 5.69 Å². The minimum absolute atomic E-state index is 0.210. The number of thiocarbonyl (C=S) groups is 1. The molecule has 2 heterocycles. The van der Waals surface area contributed by atoms with Gasteiger partial charge in [0.25, 0.3) is 0 Å². The number of nitrogens with zero attached hydrogens (tertiary/aromatic N) is 1. The fraction of sp³-hybridized carbons (Fsp3) is 0. The van der Waals surface area contributed by atoms with Gasteiger partial charge in [-0.3, -0.25) is 15.1 Å². The molecule has 5 nitrogen and oxygen atoms in total. The number of carbonyl (C=O) groups excluding carboxylic acids is 1. The lowest BCUT2D eigenvalue weighted by Crippen LogP contribution is -2.32. The number of nitrogens with one attached hydrogen (secondary N) is 2. The monoisotopic (exact) mass is 273 g/mol. The highest BCUT2D eigenvalue weighted by molar-refractivity contribution is 7.80. The van der Waals surface area contributed by atoms with E-state index in [1.54, 1.807) is 42.7 Å². The molecular formula is C13H11N3O2S. The summed E-state index contributed by atoms with van der Waals surface area (Å²) in [6, 6.07) is 7.05. The predicted octanol–water partition coefficient (Wildman–Crippen LogP) is 2.20. The molecule has 0 aliphatic carbocycles. The van der Waals surface area contributed by atoms with Crippen molar-refractivity contribution in [2.45, 2.75) is 0 Å². The number of anilines is 1. The Morgan fingerprint density at radius 1 is 1.37 bits per heavy atom. The Balaban J connectivity index is 1.84. The van der Waals surface area contributed by atoms with Crippen molar-refractivity contribution in [3.63, 3.8) is 0 Å². The van der Waals surface area contributed by atoms with E-state index in [-0.39, 0.29) is 11.0 Å². The standard InChI is InChI=1S/C13H11N3O2S/c17-12(6-5-11-4-2-8-18-11)16-13(19)15-10-3-1-7-14-9-10/h1-9H,(H2,15,16,17,19)/b6-5+. The van der Waals surface area contributed by atoms with Crippen molar-refractivity contribution in [2.75, 3.05) is 5.32 Å². The van der Waals surface area contributed by atoms with Gasteiger partial charge in [-0.15, -0.1) is 0 Å². The first kappa shape index (κ1) is 13.0. The minimum Gasteiger partial charge on any atom is -0.465 e. The van der Waals surface area contributed by atoms with Crippen LogP contribution in [0.3, 0.4) is 0 Å². The predicted molar refractivity (Wildman–Crippen MR) is 76.3 cm³/mol. The summed E-state index contributed by atoms with van der Waals surface area (Å²) < 4.78 is 5.06. The maximum absolute atomic E-state index is 11.6. The first-order valence-electron chi connectivity index (χ1n) is 5.47. The second-order valence-corrected chi connectivity index (χ2v) is 3.94. The Kier molecular flexibility index (Phi) is 4.41. The smallest absolute Gasteiger partial charge is 0.250 e. The first-order valence-corrected chi connectivity index (χ1v) is 5.88. The van der Waals surface area contributed by atoms with E-state index in [0.29, 0.717) is 11.4 Å². The van der Waals surface area contributed by atoms with Crippen LogP contribution in [0.25, 0.3) is 6.08 Å². The SMILES string of the molecule is O=C(/C=C/c1ccco1)NC(=S)Nc1cccnc1. The van der Waals surface area contributed by atoms with Crippen LogP contribution in [0, 0.1) is 0 Å². The zero-order valence-electron chi connectivity index (χ0n) is 9.87. The lowest BCUT2D eigenvalue weighted by Gasteiger charge is -2.06. The summed E-state index contributed by atoms with van der Waals surface area (Å²) in [4.78, 5) is 15.5. The summed E-state index contributed by atoms with van der Waals surface area (Å²) in [6.45, 7) is 0. The Morgan fingerprint density at radius 3 is 2.95 bits per heavy atom. The molecule has 2 aromatic heterocycles. The van der Waals surface area contributed by atoms with E-state index in [0.717, 1.165) is 0 Å². The number of carbonyl (C=O) groups is 1. The van der Waals surface area contributed by atoms with Gasteiger partial charge in [-0.05, 0) is 42.6 Å². The highest BCUT2D eigenvalue weighted by Crippen LogP contribution is 2.03. The highest BCUT2D eigenvalue weighted by atomic mass is 32.1. The maximum atomic E-state index is 11.6. The van der Waals surface area contributed by atoms with Gasteiger partial charge in [0.2, 0.25) is 5.91 Å². The molecule has 0 saturated carbocycles. The molecule has 2 N–H and O–H groups in total. The number of pyridine rings is 1. The number of hydrogen-bond donors (Lipinski definition) is 2. The van der Waals surface area contributed by atoms with Gasteiger partial charge in [-0.1, -0.05) is 0 Å². The number of rotatable bonds is 3. The van der Waals surface area contributed by atoms with Gasteiger partial charge in [-0.25, -0.2) is 0 Å². The second-order valence-electron chi connectivity index (χ2n) is 3.53. The van der Waals surface area contributed by atoms with Crippen LogP contribution in [-0.2, 0) is 4.79 Å². The van der Waals surface area contributed by atoms with Gasteiger partial charge in [0.05, 0.1) is 18.1 Å². The lowest BCUT2D eigenvalue weighted by atomic mass is 10.4. The molecule has 0 bridgehead atoms. The summed E-state index contributed by atoms with van der Waals surface area (Å²) in [7, 11) is 0. The topological polar surface area (TPSA) is 67.2 Å². The third-order valence-electron chi connectivity index (χ3n) is 2.10. The Morgan fingerprint density at radius 2 is 2.26 bits per heavy atom. The molecule has 0 spiro atoms. The molecule has 0 atom stereocenters. The lowest BCUT2D eigenvalue weighted by molar-refractivity contribution is -0.115. The van der Waals surface area contributed by atoms with E-state index < -0.39 is 0 Å². The van der Waals surface area contributed by atoms with Gasteiger partial charge in [0, 0.05) is 12.3 Å². The van der Waals surface area contributed by atoms with Crippen molar-refractivity contribution in [2.24, 2.45) is 0 Å². The average Bonchev–Trinajstić information content (AvgIpc) is 2.90. The summed E-state index contributed by atoms with van der Waals surface area (Å²) in [5, 5.41) is 5.57. The molecule has 0 aliphatic rings. The largest absolute Gasteiger partial charge is 0.465 e. The van der Waals surface area contributed by atoms with Crippen LogP contribution < -0.4 is 10.6 Å². The Labute approximate surface area is 115 Å². The van der Waals surface area contributed by atoms with E-state index >= 15 is 0 Å². The summed E-state index contributed by atoms with van der Waals surface area (Å²) in [5.74, 6) is 0.263. The first-order chi connectivity index (χ1) is 9.24. The number of furan rings is 1. The van der Waals surface area contributed by atoms with Gasteiger partial charge in [0.1, 0.15) is 5.76 Å². The molecule has 0 unspecified atom stereocenters. The third kappa shape index (κ3) is 4.36. The van der Waals surface area contributed by atoms with Crippen LogP contribution in [0.2, 0.25) is 0 Å². The van der Waals surface area contributed by atoms with Crippen LogP contribution in [-0.4, -0.2) is 16.0 Å². The fourth-order valence-electron chi connectivity index (χ4n) is 1.30. The van der Waals surface area contributed by atoms with E-state index in [1.807, 2.05) is 0 Å². The normalized spacial score (nSPS) is 10.3. The minimum atomic E-state index is -0.335. The molecule has 2 aromatic rings. The Hall–Kier alpha value is -2.47. The van der Waals surface area contributed by atoms with Crippen molar-refractivity contribution in [3.05, 3.63) is 54.8 Å². The van der Waals surface area contributed by atoms with Crippen molar-refractivity contribution in [1.29, 1.82) is 0 Å². The summed E-state index contributed by atoms with van der Waals surface area (Å²) in [5.41, 5.74) is 0.711. The van der Waals surface area contributed by atoms with E-state index in [2.05, 4.69) is 15.6 Å². The zero-order chi connectivity index (χ0) is 13.5. The second kappa shape index (κ2) is 6.46. The van der Waals surface area contributed by atoms with Crippen LogP contribution in [0.15, 0.2) is 53.4 Å². The molecule has 0 fully saturated rings. The molecular weight excluding hydrogens is 262 g/mol. The van der Waals surface area contributed by atoms with Gasteiger partial charge in [0.15, 0.2) is 5.11 Å². The summed E-state index contributed by atoms with van der Waals surface area (Å²) in [6.07, 6.45) is 7.69. The number of amides is 1. The fourth-order valence-corrected chi connectivity index (χ4v) is 1.51. The maximum Gasteiger partial charge on any atom is 0.250 e. The van der Waals surface area contributed by atoms with Gasteiger partial charge >= 0.3 is 0 Å². The molecule has 96 valence electrons. The zero-order valence-corrected chi connectivity index (χ0v) is 10.7. The van der Waals surface area contributed by atoms with E-state index in [4.69, 9.17) is 16.6 Å².